The zero-order valence-corrected chi connectivity index (χ0v) is 13.4. The molecule has 1 saturated heterocycles. The van der Waals surface area contributed by atoms with E-state index in [-0.39, 0.29) is 5.91 Å². The number of piperidine rings is 1. The van der Waals surface area contributed by atoms with Crippen LogP contribution in [0.15, 0.2) is 28.8 Å². The second-order valence-electron chi connectivity index (χ2n) is 6.78. The van der Waals surface area contributed by atoms with E-state index in [0.717, 1.165) is 36.4 Å². The monoisotopic (exact) mass is 312 g/mol. The van der Waals surface area contributed by atoms with E-state index in [1.54, 1.807) is 0 Å². The molecule has 23 heavy (non-hydrogen) atoms. The summed E-state index contributed by atoms with van der Waals surface area (Å²) in [5, 5.41) is 4.08. The Labute approximate surface area is 135 Å². The number of amides is 1. The quantitative estimate of drug-likeness (QED) is 0.810. The minimum Gasteiger partial charge on any atom is -0.488 e. The fraction of sp³-hybridized carbons (Fsp3) is 0.444. The number of rotatable bonds is 1. The van der Waals surface area contributed by atoms with E-state index >= 15 is 0 Å². The Morgan fingerprint density at radius 3 is 2.74 bits per heavy atom. The summed E-state index contributed by atoms with van der Waals surface area (Å²) in [6.45, 7) is 6.27. The molecule has 2 aromatic rings. The first kappa shape index (κ1) is 14.3. The van der Waals surface area contributed by atoms with Crippen LogP contribution in [0.2, 0.25) is 0 Å². The average Bonchev–Trinajstić information content (AvgIpc) is 2.97. The smallest absolute Gasteiger partial charge is 0.276 e. The van der Waals surface area contributed by atoms with Gasteiger partial charge in [0.05, 0.1) is 11.1 Å². The molecular weight excluding hydrogens is 292 g/mol. The molecule has 1 aromatic carbocycles. The van der Waals surface area contributed by atoms with Gasteiger partial charge in [-0.05, 0) is 30.4 Å². The molecule has 0 unspecified atom stereocenters. The third kappa shape index (κ3) is 2.40. The van der Waals surface area contributed by atoms with Crippen LogP contribution in [-0.2, 0) is 6.61 Å². The van der Waals surface area contributed by atoms with Gasteiger partial charge in [0.25, 0.3) is 5.91 Å². The molecule has 1 aromatic heterocycles. The third-order valence-electron chi connectivity index (χ3n) is 4.65. The van der Waals surface area contributed by atoms with Gasteiger partial charge in [0.2, 0.25) is 0 Å². The maximum Gasteiger partial charge on any atom is 0.276 e. The van der Waals surface area contributed by atoms with Gasteiger partial charge in [0.15, 0.2) is 11.5 Å². The highest BCUT2D eigenvalue weighted by Crippen LogP contribution is 2.39. The summed E-state index contributed by atoms with van der Waals surface area (Å²) >= 11 is 0. The van der Waals surface area contributed by atoms with Crippen LogP contribution in [0.4, 0.5) is 0 Å². The summed E-state index contributed by atoms with van der Waals surface area (Å²) in [5.74, 6) is 2.42. The lowest BCUT2D eigenvalue weighted by Crippen LogP contribution is -2.43. The van der Waals surface area contributed by atoms with Crippen molar-refractivity contribution in [3.8, 4) is 17.1 Å². The number of hydrogen-bond acceptors (Lipinski definition) is 4. The van der Waals surface area contributed by atoms with E-state index < -0.39 is 0 Å². The number of carbonyl (C=O) groups is 1. The highest BCUT2D eigenvalue weighted by atomic mass is 16.5. The number of fused-ring (bicyclic) bond motifs is 3. The number of hydrogen-bond donors (Lipinski definition) is 0. The van der Waals surface area contributed by atoms with Crippen LogP contribution < -0.4 is 4.74 Å². The number of para-hydroxylation sites is 1. The summed E-state index contributed by atoms with van der Waals surface area (Å²) in [6, 6.07) is 7.67. The lowest BCUT2D eigenvalue weighted by atomic mass is 9.91. The minimum atomic E-state index is -0.0450. The molecular formula is C18H20N2O3. The van der Waals surface area contributed by atoms with Crippen molar-refractivity contribution in [2.24, 2.45) is 11.8 Å². The lowest BCUT2D eigenvalue weighted by Gasteiger charge is -2.34. The third-order valence-corrected chi connectivity index (χ3v) is 4.65. The van der Waals surface area contributed by atoms with Crippen molar-refractivity contribution in [1.82, 2.24) is 10.1 Å². The van der Waals surface area contributed by atoms with Crippen molar-refractivity contribution in [1.29, 1.82) is 0 Å². The second-order valence-corrected chi connectivity index (χ2v) is 6.78. The lowest BCUT2D eigenvalue weighted by molar-refractivity contribution is 0.0610. The predicted octanol–water partition coefficient (Wildman–Crippen LogP) is 3.35. The van der Waals surface area contributed by atoms with Crippen molar-refractivity contribution in [2.45, 2.75) is 26.9 Å². The first-order chi connectivity index (χ1) is 11.1. The Bertz CT molecular complexity index is 742. The minimum absolute atomic E-state index is 0.0450. The molecule has 0 bridgehead atoms. The summed E-state index contributed by atoms with van der Waals surface area (Å²) < 4.78 is 11.3. The summed E-state index contributed by atoms with van der Waals surface area (Å²) in [4.78, 5) is 14.8. The van der Waals surface area contributed by atoms with E-state index in [2.05, 4.69) is 19.0 Å². The molecule has 4 rings (SSSR count). The molecule has 120 valence electrons. The molecule has 2 atom stereocenters. The Balaban J connectivity index is 1.67. The SMILES string of the molecule is C[C@@H]1C[C@@H](C)CN(C(=O)c2noc3c2COc2ccccc2-3)C1. The van der Waals surface area contributed by atoms with Gasteiger partial charge in [-0.15, -0.1) is 0 Å². The standard InChI is InChI=1S/C18H20N2O3/c1-11-7-12(2)9-20(8-11)18(21)16-14-10-22-15-6-4-3-5-13(15)17(14)23-19-16/h3-6,11-12H,7-10H2,1-2H3/t11-,12-/m1/s1. The number of benzene rings is 1. The number of nitrogens with zero attached hydrogens (tertiary/aromatic N) is 2. The van der Waals surface area contributed by atoms with Crippen LogP contribution in [0, 0.1) is 11.8 Å². The van der Waals surface area contributed by atoms with E-state index in [9.17, 15) is 4.79 Å². The molecule has 1 amide bonds. The number of ether oxygens (including phenoxy) is 1. The molecule has 5 heteroatoms. The van der Waals surface area contributed by atoms with E-state index in [1.807, 2.05) is 29.2 Å². The molecule has 2 aliphatic rings. The van der Waals surface area contributed by atoms with Crippen LogP contribution in [0.1, 0.15) is 36.3 Å². The zero-order chi connectivity index (χ0) is 16.0. The second kappa shape index (κ2) is 5.41. The fourth-order valence-corrected chi connectivity index (χ4v) is 3.73. The maximum atomic E-state index is 12.9. The molecule has 1 fully saturated rings. The van der Waals surface area contributed by atoms with Crippen LogP contribution in [0.3, 0.4) is 0 Å². The van der Waals surface area contributed by atoms with E-state index in [1.165, 1.54) is 0 Å². The predicted molar refractivity (Wildman–Crippen MR) is 85.1 cm³/mol. The van der Waals surface area contributed by atoms with Crippen molar-refractivity contribution >= 4 is 5.91 Å². The first-order valence-corrected chi connectivity index (χ1v) is 8.13. The highest BCUT2D eigenvalue weighted by Gasteiger charge is 2.33. The highest BCUT2D eigenvalue weighted by molar-refractivity contribution is 5.95. The van der Waals surface area contributed by atoms with Crippen LogP contribution in [0.25, 0.3) is 11.3 Å². The topological polar surface area (TPSA) is 55.6 Å². The maximum absolute atomic E-state index is 12.9. The first-order valence-electron chi connectivity index (χ1n) is 8.13. The Kier molecular flexibility index (Phi) is 3.36. The normalized spacial score (nSPS) is 23.0. The van der Waals surface area contributed by atoms with Gasteiger partial charge in [-0.2, -0.15) is 0 Å². The van der Waals surface area contributed by atoms with Crippen molar-refractivity contribution in [2.75, 3.05) is 13.1 Å². The van der Waals surface area contributed by atoms with Crippen LogP contribution in [0.5, 0.6) is 5.75 Å². The molecule has 0 spiro atoms. The van der Waals surface area contributed by atoms with E-state index in [4.69, 9.17) is 9.26 Å². The molecule has 0 N–H and O–H groups in total. The average molecular weight is 312 g/mol. The van der Waals surface area contributed by atoms with Crippen LogP contribution in [-0.4, -0.2) is 29.1 Å². The van der Waals surface area contributed by atoms with Gasteiger partial charge in [-0.25, -0.2) is 0 Å². The molecule has 5 nitrogen and oxygen atoms in total. The summed E-state index contributed by atoms with van der Waals surface area (Å²) in [5.41, 5.74) is 2.02. The molecule has 2 aliphatic heterocycles. The van der Waals surface area contributed by atoms with Crippen molar-refractivity contribution < 1.29 is 14.1 Å². The van der Waals surface area contributed by atoms with Crippen molar-refractivity contribution in [3.05, 3.63) is 35.5 Å². The Hall–Kier alpha value is -2.30. The van der Waals surface area contributed by atoms with Gasteiger partial charge in [0, 0.05) is 13.1 Å². The van der Waals surface area contributed by atoms with Gasteiger partial charge in [-0.1, -0.05) is 31.1 Å². The number of likely N-dealkylation sites (tertiary alicyclic amines) is 1. The largest absolute Gasteiger partial charge is 0.488 e. The van der Waals surface area contributed by atoms with Gasteiger partial charge in [-0.3, -0.25) is 4.79 Å². The molecule has 0 radical (unpaired) electrons. The van der Waals surface area contributed by atoms with Crippen molar-refractivity contribution in [3.63, 3.8) is 0 Å². The summed E-state index contributed by atoms with van der Waals surface area (Å²) in [6.07, 6.45) is 1.16. The molecule has 3 heterocycles. The summed E-state index contributed by atoms with van der Waals surface area (Å²) in [7, 11) is 0. The Morgan fingerprint density at radius 2 is 1.96 bits per heavy atom. The van der Waals surface area contributed by atoms with Gasteiger partial charge >= 0.3 is 0 Å². The molecule has 0 saturated carbocycles. The van der Waals surface area contributed by atoms with E-state index in [0.29, 0.717) is 29.9 Å². The number of aromatic nitrogens is 1. The number of carbonyl (C=O) groups excluding carboxylic acids is 1. The van der Waals surface area contributed by atoms with Crippen LogP contribution >= 0.6 is 0 Å². The molecule has 0 aliphatic carbocycles. The fourth-order valence-electron chi connectivity index (χ4n) is 3.73. The zero-order valence-electron chi connectivity index (χ0n) is 13.4. The van der Waals surface area contributed by atoms with Gasteiger partial charge in [0.1, 0.15) is 12.4 Å². The Morgan fingerprint density at radius 1 is 1.22 bits per heavy atom. The van der Waals surface area contributed by atoms with Gasteiger partial charge < -0.3 is 14.2 Å².